The number of benzene rings is 2. The van der Waals surface area contributed by atoms with Crippen LogP contribution >= 0.6 is 11.6 Å². The Bertz CT molecular complexity index is 1600. The molecule has 1 fully saturated rings. The highest BCUT2D eigenvalue weighted by atomic mass is 35.5. The fourth-order valence-corrected chi connectivity index (χ4v) is 9.76. The Kier molecular flexibility index (Phi) is 8.63. The fourth-order valence-electron chi connectivity index (χ4n) is 8.25. The van der Waals surface area contributed by atoms with Gasteiger partial charge >= 0.3 is 5.97 Å². The topological polar surface area (TPSA) is 133 Å². The van der Waals surface area contributed by atoms with E-state index in [1.165, 1.54) is 11.1 Å². The summed E-state index contributed by atoms with van der Waals surface area (Å²) < 4.78 is 35.4. The molecule has 0 saturated heterocycles. The quantitative estimate of drug-likeness (QED) is 0.395. The number of amides is 1. The molecular weight excluding hydrogens is 616 g/mol. The summed E-state index contributed by atoms with van der Waals surface area (Å²) in [5.74, 6) is -1.61. The van der Waals surface area contributed by atoms with Crippen molar-refractivity contribution >= 4 is 39.2 Å². The summed E-state index contributed by atoms with van der Waals surface area (Å²) >= 11 is 6.39. The van der Waals surface area contributed by atoms with Crippen molar-refractivity contribution in [1.29, 1.82) is 0 Å². The van der Waals surface area contributed by atoms with Crippen molar-refractivity contribution in [3.05, 3.63) is 58.1 Å². The van der Waals surface area contributed by atoms with Crippen molar-refractivity contribution < 1.29 is 33.0 Å². The molecule has 11 heteroatoms. The number of nitrogens with zero attached hydrogens (tertiary/aromatic N) is 1. The lowest BCUT2D eigenvalue weighted by Gasteiger charge is -2.50. The Balaban J connectivity index is 1.44. The lowest BCUT2D eigenvalue weighted by atomic mass is 9.62. The number of hydrogen-bond acceptors (Lipinski definition) is 7. The molecule has 4 aliphatic rings. The summed E-state index contributed by atoms with van der Waals surface area (Å²) in [5, 5.41) is 21.6. The summed E-state index contributed by atoms with van der Waals surface area (Å²) in [6.07, 6.45) is 5.23. The molecule has 6 atom stereocenters. The van der Waals surface area contributed by atoms with Crippen molar-refractivity contribution in [1.82, 2.24) is 4.72 Å². The maximum Gasteiger partial charge on any atom is 0.306 e. The smallest absolute Gasteiger partial charge is 0.306 e. The number of carboxylic acids is 1. The summed E-state index contributed by atoms with van der Waals surface area (Å²) in [5.41, 5.74) is 1.55. The zero-order valence-electron chi connectivity index (χ0n) is 25.9. The maximum atomic E-state index is 13.4. The molecule has 1 amide bonds. The summed E-state index contributed by atoms with van der Waals surface area (Å²) in [4.78, 5) is 27.6. The number of sulfonamides is 1. The second-order valence-electron chi connectivity index (χ2n) is 14.0. The molecule has 9 nitrogen and oxygen atoms in total. The third-order valence-corrected chi connectivity index (χ3v) is 13.3. The molecule has 2 aromatic rings. The first-order valence-electron chi connectivity index (χ1n) is 16.1. The Morgan fingerprint density at radius 3 is 2.64 bits per heavy atom. The number of rotatable bonds is 2. The first kappa shape index (κ1) is 32.1. The predicted molar refractivity (Wildman–Crippen MR) is 172 cm³/mol. The number of carbonyl (C=O) groups excluding carboxylic acids is 1. The molecular formula is C34H43ClN2O7S. The number of carboxylic acid groups (broad SMARTS) is 1. The van der Waals surface area contributed by atoms with E-state index in [1.54, 1.807) is 25.1 Å². The first-order chi connectivity index (χ1) is 21.3. The van der Waals surface area contributed by atoms with E-state index in [1.807, 2.05) is 19.1 Å². The molecule has 244 valence electrons. The molecule has 2 aliphatic heterocycles. The van der Waals surface area contributed by atoms with Crippen LogP contribution in [0.2, 0.25) is 5.02 Å². The first-order valence-corrected chi connectivity index (χ1v) is 18.0. The lowest BCUT2D eigenvalue weighted by molar-refractivity contribution is -0.151. The second-order valence-corrected chi connectivity index (χ2v) is 16.4. The molecule has 1 saturated carbocycles. The number of hydrogen-bond donors (Lipinski definition) is 3. The van der Waals surface area contributed by atoms with Crippen molar-refractivity contribution in [2.24, 2.45) is 17.8 Å². The largest absolute Gasteiger partial charge is 0.490 e. The van der Waals surface area contributed by atoms with Gasteiger partial charge < -0.3 is 19.8 Å². The summed E-state index contributed by atoms with van der Waals surface area (Å²) in [6.45, 7) is 4.95. The molecule has 2 aromatic carbocycles. The number of anilines is 1. The van der Waals surface area contributed by atoms with Crippen LogP contribution in [0.4, 0.5) is 5.69 Å². The van der Waals surface area contributed by atoms with Gasteiger partial charge in [0.2, 0.25) is 10.0 Å². The average molecular weight is 659 g/mol. The summed E-state index contributed by atoms with van der Waals surface area (Å²) in [6, 6.07) is 11.1. The van der Waals surface area contributed by atoms with Gasteiger partial charge in [0.05, 0.1) is 29.6 Å². The van der Waals surface area contributed by atoms with E-state index in [2.05, 4.69) is 15.7 Å². The zero-order valence-corrected chi connectivity index (χ0v) is 27.5. The maximum absolute atomic E-state index is 13.4. The third-order valence-electron chi connectivity index (χ3n) is 11.1. The van der Waals surface area contributed by atoms with E-state index in [9.17, 15) is 28.2 Å². The van der Waals surface area contributed by atoms with E-state index in [0.29, 0.717) is 49.0 Å². The van der Waals surface area contributed by atoms with E-state index in [4.69, 9.17) is 16.3 Å². The van der Waals surface area contributed by atoms with Gasteiger partial charge in [-0.3, -0.25) is 9.59 Å². The lowest BCUT2D eigenvalue weighted by Crippen LogP contribution is -2.53. The fraction of sp³-hybridized carbons (Fsp3) is 0.588. The van der Waals surface area contributed by atoms with Crippen molar-refractivity contribution in [3.8, 4) is 5.75 Å². The number of aryl methyl sites for hydroxylation is 1. The van der Waals surface area contributed by atoms with Crippen LogP contribution < -0.4 is 14.4 Å². The van der Waals surface area contributed by atoms with Gasteiger partial charge in [0.25, 0.3) is 5.91 Å². The van der Waals surface area contributed by atoms with Gasteiger partial charge in [-0.15, -0.1) is 0 Å². The van der Waals surface area contributed by atoms with Gasteiger partial charge in [-0.05, 0) is 111 Å². The highest BCUT2D eigenvalue weighted by molar-refractivity contribution is 7.90. The average Bonchev–Trinajstić information content (AvgIpc) is 3.10. The van der Waals surface area contributed by atoms with Crippen LogP contribution in [0.25, 0.3) is 0 Å². The van der Waals surface area contributed by atoms with Crippen molar-refractivity contribution in [2.45, 2.75) is 87.9 Å². The number of carbonyl (C=O) groups is 2. The van der Waals surface area contributed by atoms with Gasteiger partial charge in [-0.1, -0.05) is 31.0 Å². The van der Waals surface area contributed by atoms with E-state index in [-0.39, 0.29) is 41.6 Å². The Morgan fingerprint density at radius 1 is 1.11 bits per heavy atom. The molecule has 2 bridgehead atoms. The highest BCUT2D eigenvalue weighted by Gasteiger charge is 2.49. The molecule has 45 heavy (non-hydrogen) atoms. The van der Waals surface area contributed by atoms with Crippen LogP contribution in [0.5, 0.6) is 5.75 Å². The Morgan fingerprint density at radius 2 is 1.91 bits per heavy atom. The zero-order chi connectivity index (χ0) is 32.1. The van der Waals surface area contributed by atoms with E-state index < -0.39 is 32.8 Å². The van der Waals surface area contributed by atoms with Gasteiger partial charge in [0.15, 0.2) is 0 Å². The van der Waals surface area contributed by atoms with Gasteiger partial charge in [0.1, 0.15) is 5.75 Å². The van der Waals surface area contributed by atoms with E-state index >= 15 is 0 Å². The third kappa shape index (κ3) is 6.17. The second kappa shape index (κ2) is 12.1. The molecule has 0 radical (unpaired) electrons. The van der Waals surface area contributed by atoms with Crippen molar-refractivity contribution in [2.75, 3.05) is 24.6 Å². The van der Waals surface area contributed by atoms with Crippen LogP contribution in [0, 0.1) is 17.8 Å². The molecule has 2 aliphatic carbocycles. The molecule has 0 aromatic heterocycles. The number of nitrogens with one attached hydrogen (secondary N) is 1. The predicted octanol–water partition coefficient (Wildman–Crippen LogP) is 5.31. The molecule has 0 unspecified atom stereocenters. The number of halogens is 1. The minimum Gasteiger partial charge on any atom is -0.490 e. The molecule has 1 spiro atoms. The normalized spacial score (nSPS) is 33.1. The van der Waals surface area contributed by atoms with Gasteiger partial charge in [-0.25, -0.2) is 13.1 Å². The van der Waals surface area contributed by atoms with Crippen molar-refractivity contribution in [3.63, 3.8) is 0 Å². The Hall–Kier alpha value is -2.82. The monoisotopic (exact) mass is 658 g/mol. The van der Waals surface area contributed by atoms with Crippen LogP contribution in [0.3, 0.4) is 0 Å². The molecule has 6 rings (SSSR count). The van der Waals surface area contributed by atoms with Crippen LogP contribution in [-0.2, 0) is 26.7 Å². The van der Waals surface area contributed by atoms with Gasteiger partial charge in [-0.2, -0.15) is 0 Å². The minimum atomic E-state index is -4.00. The highest BCUT2D eigenvalue weighted by Crippen LogP contribution is 2.49. The summed E-state index contributed by atoms with van der Waals surface area (Å²) in [7, 11) is -4.00. The van der Waals surface area contributed by atoms with Crippen LogP contribution in [0.1, 0.15) is 86.7 Å². The van der Waals surface area contributed by atoms with Crippen LogP contribution in [0.15, 0.2) is 36.4 Å². The Labute approximate surface area is 270 Å². The molecule has 3 N–H and O–H groups in total. The SMILES string of the molecule is C[C@@H]1[C@@H](C)CCC[C@](O)(CC(=O)O)[C@@H]2CC[C@H]2CN2C[C@@]3(CCCc4cc(Cl)ccc43)COc3ccc(cc32)C(=O)NS1(=O)=O. The van der Waals surface area contributed by atoms with Gasteiger partial charge in [0, 0.05) is 29.1 Å². The minimum absolute atomic E-state index is 0.0349. The van der Waals surface area contributed by atoms with E-state index in [0.717, 1.165) is 32.1 Å². The number of aliphatic carboxylic acids is 1. The van der Waals surface area contributed by atoms with Crippen LogP contribution in [-0.4, -0.2) is 61.1 Å². The number of ether oxygens (including phenoxy) is 1. The number of aliphatic hydroxyl groups is 1. The molecule has 2 heterocycles. The number of fused-ring (bicyclic) bond motifs is 4. The standard InChI is InChI=1S/C34H43ClN2O7S/c1-21-5-3-14-34(41,17-31(38)39)28-10-7-25(28)18-37-19-33(13-4-6-23-15-26(35)9-11-27(23)33)20-44-30-12-8-24(16-29(30)37)32(40)36-45(42,43)22(21)2/h8-9,11-12,15-16,21-22,25,28,41H,3-7,10,13-14,17-20H2,1-2H3,(H,36,40)(H,38,39)/t21-,22+,25-,28+,33-,34-/m0/s1.